The lowest BCUT2D eigenvalue weighted by atomic mass is 9.90. The van der Waals surface area contributed by atoms with E-state index in [1.54, 1.807) is 11.6 Å². The number of nitrogens with zero attached hydrogens (tertiary/aromatic N) is 5. The number of rotatable bonds is 4. The maximum absolute atomic E-state index is 6.19. The molecule has 0 unspecified atom stereocenters. The van der Waals surface area contributed by atoms with E-state index >= 15 is 0 Å². The van der Waals surface area contributed by atoms with Gasteiger partial charge in [0, 0.05) is 23.4 Å². The van der Waals surface area contributed by atoms with E-state index < -0.39 is 0 Å². The van der Waals surface area contributed by atoms with E-state index in [2.05, 4.69) is 30.7 Å². The molecule has 1 aromatic carbocycles. The molecule has 0 bridgehead atoms. The van der Waals surface area contributed by atoms with Crippen LogP contribution in [-0.4, -0.2) is 50.2 Å². The predicted octanol–water partition coefficient (Wildman–Crippen LogP) is 3.24. The van der Waals surface area contributed by atoms with Crippen LogP contribution in [0.3, 0.4) is 0 Å². The number of aromatic nitrogens is 4. The zero-order chi connectivity index (χ0) is 19.2. The first-order valence-corrected chi connectivity index (χ1v) is 9.68. The number of ether oxygens (including phenoxy) is 1. The minimum Gasteiger partial charge on any atom is -0.494 e. The molecule has 0 saturated carbocycles. The van der Waals surface area contributed by atoms with Gasteiger partial charge in [0.2, 0.25) is 5.95 Å². The molecule has 2 N–H and O–H groups in total. The summed E-state index contributed by atoms with van der Waals surface area (Å²) >= 11 is 0. The highest BCUT2D eigenvalue weighted by Gasteiger charge is 2.32. The van der Waals surface area contributed by atoms with Crippen molar-refractivity contribution in [2.75, 3.05) is 25.9 Å². The van der Waals surface area contributed by atoms with Crippen molar-refractivity contribution in [3.8, 4) is 5.75 Å². The van der Waals surface area contributed by atoms with Crippen molar-refractivity contribution in [1.29, 1.82) is 0 Å². The molecule has 7 nitrogen and oxygen atoms in total. The second-order valence-corrected chi connectivity index (χ2v) is 7.98. The Morgan fingerprint density at radius 2 is 2.11 bits per heavy atom. The van der Waals surface area contributed by atoms with Gasteiger partial charge in [0.15, 0.2) is 11.5 Å². The van der Waals surface area contributed by atoms with Crippen molar-refractivity contribution in [2.45, 2.75) is 51.5 Å². The lowest BCUT2D eigenvalue weighted by Crippen LogP contribution is -2.48. The third-order valence-electron chi connectivity index (χ3n) is 6.03. The predicted molar refractivity (Wildman–Crippen MR) is 107 cm³/mol. The van der Waals surface area contributed by atoms with Gasteiger partial charge in [-0.05, 0) is 51.8 Å². The van der Waals surface area contributed by atoms with Crippen LogP contribution in [0.1, 0.15) is 51.8 Å². The summed E-state index contributed by atoms with van der Waals surface area (Å²) in [5, 5.41) is 5.64. The van der Waals surface area contributed by atoms with Crippen LogP contribution in [0.25, 0.3) is 16.6 Å². The first-order valence-electron chi connectivity index (χ1n) is 9.68. The van der Waals surface area contributed by atoms with Crippen molar-refractivity contribution in [1.82, 2.24) is 24.5 Å². The number of nitrogens with two attached hydrogens (primary N) is 1. The monoisotopic (exact) mass is 368 g/mol. The Balaban J connectivity index is 1.77. The van der Waals surface area contributed by atoms with Gasteiger partial charge >= 0.3 is 0 Å². The number of nitrogen functional groups attached to an aromatic ring is 1. The van der Waals surface area contributed by atoms with Crippen molar-refractivity contribution >= 4 is 22.5 Å². The first-order chi connectivity index (χ1) is 12.9. The Morgan fingerprint density at radius 1 is 1.30 bits per heavy atom. The van der Waals surface area contributed by atoms with E-state index in [4.69, 9.17) is 20.6 Å². The van der Waals surface area contributed by atoms with Crippen LogP contribution in [0.4, 0.5) is 5.95 Å². The maximum atomic E-state index is 6.19. The van der Waals surface area contributed by atoms with Gasteiger partial charge in [-0.25, -0.2) is 9.97 Å². The largest absolute Gasteiger partial charge is 0.494 e. The second kappa shape index (κ2) is 6.64. The van der Waals surface area contributed by atoms with Gasteiger partial charge in [0.05, 0.1) is 7.11 Å². The number of para-hydroxylation sites is 1. The Morgan fingerprint density at radius 3 is 2.85 bits per heavy atom. The number of hydrogen-bond donors (Lipinski definition) is 1. The van der Waals surface area contributed by atoms with Gasteiger partial charge in [-0.15, -0.1) is 5.10 Å². The number of anilines is 1. The Labute approximate surface area is 159 Å². The summed E-state index contributed by atoms with van der Waals surface area (Å²) in [5.41, 5.74) is 7.86. The van der Waals surface area contributed by atoms with Gasteiger partial charge in [-0.3, -0.25) is 4.90 Å². The fraction of sp³-hybridized carbons (Fsp3) is 0.550. The Kier molecular flexibility index (Phi) is 4.42. The van der Waals surface area contributed by atoms with Gasteiger partial charge < -0.3 is 10.5 Å². The zero-order valence-corrected chi connectivity index (χ0v) is 16.6. The number of fused-ring (bicyclic) bond motifs is 3. The number of hydrogen-bond acceptors (Lipinski definition) is 6. The lowest BCUT2D eigenvalue weighted by molar-refractivity contribution is 0.0799. The highest BCUT2D eigenvalue weighted by atomic mass is 16.5. The van der Waals surface area contributed by atoms with E-state index in [-0.39, 0.29) is 5.54 Å². The van der Waals surface area contributed by atoms with E-state index in [1.165, 1.54) is 0 Å². The van der Waals surface area contributed by atoms with Crippen LogP contribution >= 0.6 is 0 Å². The smallest absolute Gasteiger partial charge is 0.223 e. The van der Waals surface area contributed by atoms with Crippen LogP contribution in [0.5, 0.6) is 5.75 Å². The van der Waals surface area contributed by atoms with Crippen LogP contribution in [-0.2, 0) is 0 Å². The number of likely N-dealkylation sites (tertiary alicyclic amines) is 1. The number of methoxy groups -OCH3 is 1. The molecule has 3 heterocycles. The quantitative estimate of drug-likeness (QED) is 0.761. The van der Waals surface area contributed by atoms with Crippen LogP contribution in [0, 0.1) is 0 Å². The summed E-state index contributed by atoms with van der Waals surface area (Å²) in [5.74, 6) is 2.20. The summed E-state index contributed by atoms with van der Waals surface area (Å²) in [6, 6.07) is 5.82. The molecule has 1 fully saturated rings. The summed E-state index contributed by atoms with van der Waals surface area (Å²) in [6.45, 7) is 8.99. The zero-order valence-electron chi connectivity index (χ0n) is 16.6. The van der Waals surface area contributed by atoms with Crippen LogP contribution < -0.4 is 10.5 Å². The molecule has 2 aromatic heterocycles. The molecule has 0 spiro atoms. The molecule has 0 amide bonds. The van der Waals surface area contributed by atoms with E-state index in [1.807, 2.05) is 18.2 Å². The Bertz CT molecular complexity index is 979. The lowest BCUT2D eigenvalue weighted by Gasteiger charge is -2.42. The third-order valence-corrected chi connectivity index (χ3v) is 6.03. The maximum Gasteiger partial charge on any atom is 0.223 e. The Hall–Kier alpha value is -2.41. The van der Waals surface area contributed by atoms with Crippen molar-refractivity contribution in [2.24, 2.45) is 0 Å². The molecule has 1 aliphatic rings. The van der Waals surface area contributed by atoms with Gasteiger partial charge in [-0.2, -0.15) is 4.52 Å². The van der Waals surface area contributed by atoms with Crippen LogP contribution in [0.2, 0.25) is 0 Å². The number of benzene rings is 1. The van der Waals surface area contributed by atoms with E-state index in [0.717, 1.165) is 54.7 Å². The summed E-state index contributed by atoms with van der Waals surface area (Å²) in [7, 11) is 1.64. The van der Waals surface area contributed by atoms with Crippen molar-refractivity contribution < 1.29 is 4.74 Å². The molecule has 144 valence electrons. The molecule has 27 heavy (non-hydrogen) atoms. The van der Waals surface area contributed by atoms with Crippen molar-refractivity contribution in [3.05, 3.63) is 24.0 Å². The van der Waals surface area contributed by atoms with Crippen molar-refractivity contribution in [3.63, 3.8) is 0 Å². The standard InChI is InChI=1S/C20H28N6O/c1-5-20(2,3)25-11-7-8-13(12-25)17-23-18-14-9-6-10-15(27-4)16(14)22-19(21)26(18)24-17/h6,9-10,13H,5,7-8,11-12H2,1-4H3,(H2,21,22)/t13-/m1/s1. The highest BCUT2D eigenvalue weighted by Crippen LogP contribution is 2.33. The molecular formula is C20H28N6O. The second-order valence-electron chi connectivity index (χ2n) is 7.98. The average molecular weight is 368 g/mol. The van der Waals surface area contributed by atoms with Crippen LogP contribution in [0.15, 0.2) is 18.2 Å². The molecular weight excluding hydrogens is 340 g/mol. The molecule has 4 rings (SSSR count). The average Bonchev–Trinajstić information content (AvgIpc) is 3.14. The topological polar surface area (TPSA) is 81.6 Å². The van der Waals surface area contributed by atoms with E-state index in [0.29, 0.717) is 17.6 Å². The molecule has 1 aliphatic heterocycles. The van der Waals surface area contributed by atoms with Gasteiger partial charge in [0.1, 0.15) is 11.3 Å². The first kappa shape index (κ1) is 18.0. The molecule has 0 radical (unpaired) electrons. The third kappa shape index (κ3) is 3.00. The highest BCUT2D eigenvalue weighted by molar-refractivity contribution is 5.95. The van der Waals surface area contributed by atoms with E-state index in [9.17, 15) is 0 Å². The molecule has 7 heteroatoms. The fourth-order valence-electron chi connectivity index (χ4n) is 3.94. The summed E-state index contributed by atoms with van der Waals surface area (Å²) in [4.78, 5) is 12.0. The number of piperidine rings is 1. The molecule has 1 saturated heterocycles. The normalized spacial score (nSPS) is 19.0. The van der Waals surface area contributed by atoms with Gasteiger partial charge in [-0.1, -0.05) is 13.0 Å². The summed E-state index contributed by atoms with van der Waals surface area (Å²) in [6.07, 6.45) is 3.38. The van der Waals surface area contributed by atoms with Gasteiger partial charge in [0.25, 0.3) is 0 Å². The molecule has 0 aliphatic carbocycles. The SMILES string of the molecule is CCC(C)(C)N1CCC[C@@H](c2nc3c4cccc(OC)c4nc(N)n3n2)C1. The fourth-order valence-corrected chi connectivity index (χ4v) is 3.94. The molecule has 1 atom stereocenters. The molecule has 3 aromatic rings. The summed E-state index contributed by atoms with van der Waals surface area (Å²) < 4.78 is 7.10. The minimum absolute atomic E-state index is 0.193. The minimum atomic E-state index is 0.193.